The Hall–Kier alpha value is -0.190. The molecule has 0 fully saturated rings. The molecule has 0 amide bonds. The number of hydrogen-bond acceptors (Lipinski definition) is 4. The third-order valence-corrected chi connectivity index (χ3v) is 1.53. The molecule has 0 heterocycles. The summed E-state index contributed by atoms with van der Waals surface area (Å²) in [7, 11) is 0. The van der Waals surface area contributed by atoms with E-state index in [0.717, 1.165) is 0 Å². The predicted octanol–water partition coefficient (Wildman–Crippen LogP) is -1.56. The average Bonchev–Trinajstić information content (AvgIpc) is 2.00. The van der Waals surface area contributed by atoms with Gasteiger partial charge in [0.05, 0.1) is 5.92 Å². The van der Waals surface area contributed by atoms with Crippen molar-refractivity contribution < 1.29 is 50.1 Å². The van der Waals surface area contributed by atoms with Crippen LogP contribution in [0.3, 0.4) is 0 Å². The van der Waals surface area contributed by atoms with E-state index in [0.29, 0.717) is 0 Å². The average molecular weight is 224 g/mol. The second-order valence-electron chi connectivity index (χ2n) is 4.44. The van der Waals surface area contributed by atoms with Gasteiger partial charge in [0.1, 0.15) is 0 Å². The van der Waals surface area contributed by atoms with Crippen molar-refractivity contribution in [3.63, 3.8) is 0 Å². The van der Waals surface area contributed by atoms with Crippen molar-refractivity contribution in [2.24, 2.45) is 11.3 Å². The fourth-order valence-electron chi connectivity index (χ4n) is 0.562. The molecule has 0 radical (unpaired) electrons. The van der Waals surface area contributed by atoms with E-state index < -0.39 is 29.1 Å². The van der Waals surface area contributed by atoms with Crippen molar-refractivity contribution in [3.05, 3.63) is 0 Å². The Morgan fingerprint density at radius 3 is 1.80 bits per heavy atom. The van der Waals surface area contributed by atoms with Crippen LogP contribution in [0.5, 0.6) is 0 Å². The van der Waals surface area contributed by atoms with Crippen LogP contribution in [0.25, 0.3) is 0 Å². The Bertz CT molecular complexity index is 268. The molecule has 4 nitrogen and oxygen atoms in total. The van der Waals surface area contributed by atoms with Crippen molar-refractivity contribution in [1.82, 2.24) is 0 Å². The first-order chi connectivity index (χ1) is 6.16. The summed E-state index contributed by atoms with van der Waals surface area (Å²) in [5.74, 6) is -2.85. The Kier molecular flexibility index (Phi) is 7.35. The van der Waals surface area contributed by atoms with Gasteiger partial charge in [-0.1, -0.05) is 34.6 Å². The third-order valence-electron chi connectivity index (χ3n) is 1.53. The maximum atomic E-state index is 11.3. The monoisotopic (exact) mass is 224 g/mol. The smallest absolute Gasteiger partial charge is 1.00 e. The van der Waals surface area contributed by atoms with E-state index in [1.165, 1.54) is 0 Å². The summed E-state index contributed by atoms with van der Waals surface area (Å²) in [6.45, 7) is 7.97. The molecule has 82 valence electrons. The van der Waals surface area contributed by atoms with Crippen molar-refractivity contribution in [1.29, 1.82) is 0 Å². The van der Waals surface area contributed by atoms with Gasteiger partial charge in [-0.3, -0.25) is 9.59 Å². The molecule has 0 unspecified atom stereocenters. The van der Waals surface area contributed by atoms with Crippen LogP contribution in [0.2, 0.25) is 0 Å². The van der Waals surface area contributed by atoms with Crippen molar-refractivity contribution in [2.75, 3.05) is 0 Å². The second-order valence-corrected chi connectivity index (χ2v) is 4.44. The number of carbonyl (C=O) groups excluding carboxylic acids is 3. The summed E-state index contributed by atoms with van der Waals surface area (Å²) >= 11 is 0. The van der Waals surface area contributed by atoms with Crippen LogP contribution in [-0.4, -0.2) is 17.7 Å². The van der Waals surface area contributed by atoms with Crippen LogP contribution in [0.15, 0.2) is 0 Å². The normalized spacial score (nSPS) is 10.5. The number of hydrogen-bond donors (Lipinski definition) is 0. The van der Waals surface area contributed by atoms with E-state index in [2.05, 4.69) is 4.74 Å². The molecule has 0 bridgehead atoms. The molecule has 0 spiro atoms. The van der Waals surface area contributed by atoms with Gasteiger partial charge in [0, 0.05) is 5.41 Å². The van der Waals surface area contributed by atoms with Crippen molar-refractivity contribution >= 4 is 17.7 Å². The Labute approximate surface area is 114 Å². The number of ketones is 1. The molecular weight excluding hydrogens is 207 g/mol. The summed E-state index contributed by atoms with van der Waals surface area (Å²) in [6, 6.07) is 0. The zero-order valence-electron chi connectivity index (χ0n) is 11.2. The van der Waals surface area contributed by atoms with Crippen LogP contribution >= 0.6 is 0 Å². The molecule has 15 heavy (non-hydrogen) atoms. The van der Waals surface area contributed by atoms with Crippen LogP contribution in [0, 0.1) is 11.3 Å². The van der Waals surface area contributed by atoms with Crippen molar-refractivity contribution in [3.8, 4) is 0 Å². The van der Waals surface area contributed by atoms with Gasteiger partial charge in [0.2, 0.25) is 5.78 Å². The van der Waals surface area contributed by atoms with Gasteiger partial charge in [-0.25, -0.2) is 4.79 Å². The molecule has 5 heteroatoms. The van der Waals surface area contributed by atoms with Crippen LogP contribution < -0.4 is 29.6 Å². The maximum absolute atomic E-state index is 11.3. The third kappa shape index (κ3) is 6.07. The number of rotatable bonds is 2. The maximum Gasteiger partial charge on any atom is 1.00 e. The molecule has 0 aromatic carbocycles. The first-order valence-corrected chi connectivity index (χ1v) is 4.46. The molecular formula is C10H17NaO4. The quantitative estimate of drug-likeness (QED) is 0.246. The van der Waals surface area contributed by atoms with Gasteiger partial charge in [-0.15, -0.1) is 0 Å². The van der Waals surface area contributed by atoms with E-state index >= 15 is 0 Å². The second kappa shape index (κ2) is 6.40. The zero-order chi connectivity index (χ0) is 11.5. The van der Waals surface area contributed by atoms with Gasteiger partial charge in [0.15, 0.2) is 0 Å². The SMILES string of the molecule is CC(C)C(=O)OC(=O)C(=O)C(C)(C)C.[H-].[Na+]. The summed E-state index contributed by atoms with van der Waals surface area (Å²) in [5, 5.41) is 0. The number of carbonyl (C=O) groups is 3. The van der Waals surface area contributed by atoms with Gasteiger partial charge in [0.25, 0.3) is 0 Å². The zero-order valence-corrected chi connectivity index (χ0v) is 12.2. The fourth-order valence-corrected chi connectivity index (χ4v) is 0.562. The largest absolute Gasteiger partial charge is 1.00 e. The molecule has 0 aliphatic heterocycles. The minimum absolute atomic E-state index is 0. The molecule has 0 aliphatic carbocycles. The van der Waals surface area contributed by atoms with Crippen LogP contribution in [-0.2, 0) is 19.1 Å². The molecule has 0 atom stereocenters. The Morgan fingerprint density at radius 2 is 1.53 bits per heavy atom. The predicted molar refractivity (Wildman–Crippen MR) is 51.5 cm³/mol. The van der Waals surface area contributed by atoms with Crippen molar-refractivity contribution in [2.45, 2.75) is 34.6 Å². The van der Waals surface area contributed by atoms with E-state index in [1.807, 2.05) is 0 Å². The van der Waals surface area contributed by atoms with Gasteiger partial charge >= 0.3 is 41.5 Å². The standard InChI is InChI=1S/C10H16O4.Na.H/c1-6(2)8(12)14-9(13)7(11)10(3,4)5;;/h6H,1-5H3;;/q;+1;-1. The van der Waals surface area contributed by atoms with E-state index in [4.69, 9.17) is 0 Å². The van der Waals surface area contributed by atoms with Crippen LogP contribution in [0.1, 0.15) is 36.0 Å². The van der Waals surface area contributed by atoms with Gasteiger partial charge < -0.3 is 6.16 Å². The first kappa shape index (κ1) is 17.2. The number of Topliss-reactive ketones (excluding diaryl/α,β-unsaturated/α-hetero) is 1. The molecule has 0 saturated carbocycles. The van der Waals surface area contributed by atoms with Gasteiger partial charge in [-0.2, -0.15) is 0 Å². The Balaban J connectivity index is -0.000000845. The minimum Gasteiger partial charge on any atom is -1.00 e. The molecule has 0 aromatic heterocycles. The fraction of sp³-hybridized carbons (Fsp3) is 0.700. The summed E-state index contributed by atoms with van der Waals surface area (Å²) in [4.78, 5) is 33.4. The van der Waals surface area contributed by atoms with E-state index in [1.54, 1.807) is 34.6 Å². The van der Waals surface area contributed by atoms with E-state index in [-0.39, 0.29) is 31.0 Å². The molecule has 0 saturated heterocycles. The summed E-state index contributed by atoms with van der Waals surface area (Å²) in [6.07, 6.45) is 0. The molecule has 0 rings (SSSR count). The summed E-state index contributed by atoms with van der Waals surface area (Å²) in [5.41, 5.74) is -0.811. The molecule has 0 N–H and O–H groups in total. The van der Waals surface area contributed by atoms with Gasteiger partial charge in [-0.05, 0) is 0 Å². The topological polar surface area (TPSA) is 60.4 Å². The van der Waals surface area contributed by atoms with E-state index in [9.17, 15) is 14.4 Å². The Morgan fingerprint density at radius 1 is 1.13 bits per heavy atom. The number of esters is 2. The van der Waals surface area contributed by atoms with Crippen LogP contribution in [0.4, 0.5) is 0 Å². The molecule has 0 aromatic rings. The number of ether oxygens (including phenoxy) is 1. The molecule has 0 aliphatic rings. The minimum atomic E-state index is -1.07. The summed E-state index contributed by atoms with van der Waals surface area (Å²) < 4.78 is 4.37. The first-order valence-electron chi connectivity index (χ1n) is 4.46.